The number of ether oxygens (including phenoxy) is 1. The molecule has 0 aliphatic rings. The van der Waals surface area contributed by atoms with E-state index in [0.29, 0.717) is 27.7 Å². The number of thioether (sulfide) groups is 1. The van der Waals surface area contributed by atoms with Gasteiger partial charge in [0.1, 0.15) is 11.4 Å². The highest BCUT2D eigenvalue weighted by Crippen LogP contribution is 2.26. The molecule has 0 aliphatic carbocycles. The van der Waals surface area contributed by atoms with Crippen molar-refractivity contribution in [2.45, 2.75) is 24.0 Å². The number of hydrogen-bond acceptors (Lipinski definition) is 7. The standard InChI is InChI=1S/C30H28N4O4S2/c1-19-18-39-30(31-19)34-27(35)20(2)40-25-14-12-23(13-15-25)32-29(37)26(17-21-8-7-11-24(16-21)38-3)33-28(36)22-9-5-4-6-10-22/h4-18,20H,1-3H3,(H,32,37)(H,33,36)(H,31,34,35)/b26-17-. The molecule has 1 atom stereocenters. The van der Waals surface area contributed by atoms with Crippen LogP contribution in [-0.4, -0.2) is 35.1 Å². The van der Waals surface area contributed by atoms with Gasteiger partial charge in [0.2, 0.25) is 5.91 Å². The summed E-state index contributed by atoms with van der Waals surface area (Å²) in [5.41, 5.74) is 2.58. The van der Waals surface area contributed by atoms with Crippen molar-refractivity contribution in [3.05, 3.63) is 107 Å². The fourth-order valence-corrected chi connectivity index (χ4v) is 5.09. The molecule has 0 aliphatic heterocycles. The Bertz CT molecular complexity index is 1520. The van der Waals surface area contributed by atoms with Crippen LogP contribution in [0.25, 0.3) is 6.08 Å². The van der Waals surface area contributed by atoms with Gasteiger partial charge in [-0.1, -0.05) is 30.3 Å². The number of nitrogens with one attached hydrogen (secondary N) is 3. The van der Waals surface area contributed by atoms with E-state index in [1.165, 1.54) is 23.1 Å². The third kappa shape index (κ3) is 8.05. The van der Waals surface area contributed by atoms with Crippen LogP contribution in [0.1, 0.15) is 28.5 Å². The zero-order valence-corrected chi connectivity index (χ0v) is 23.8. The first kappa shape index (κ1) is 28.6. The highest BCUT2D eigenvalue weighted by Gasteiger charge is 2.17. The molecule has 1 heterocycles. The Morgan fingerprint density at radius 3 is 2.40 bits per heavy atom. The van der Waals surface area contributed by atoms with Gasteiger partial charge in [-0.3, -0.25) is 14.4 Å². The lowest BCUT2D eigenvalue weighted by molar-refractivity contribution is -0.115. The van der Waals surface area contributed by atoms with Gasteiger partial charge in [-0.25, -0.2) is 4.98 Å². The number of benzene rings is 3. The lowest BCUT2D eigenvalue weighted by atomic mass is 10.1. The molecule has 0 spiro atoms. The quantitative estimate of drug-likeness (QED) is 0.159. The van der Waals surface area contributed by atoms with E-state index in [1.54, 1.807) is 67.8 Å². The van der Waals surface area contributed by atoms with Crippen molar-refractivity contribution in [3.8, 4) is 5.75 Å². The predicted molar refractivity (Wildman–Crippen MR) is 161 cm³/mol. The fourth-order valence-electron chi connectivity index (χ4n) is 3.53. The lowest BCUT2D eigenvalue weighted by Gasteiger charge is -2.13. The molecule has 1 unspecified atom stereocenters. The summed E-state index contributed by atoms with van der Waals surface area (Å²) in [5.74, 6) is -0.408. The number of carbonyl (C=O) groups is 3. The van der Waals surface area contributed by atoms with E-state index in [2.05, 4.69) is 20.9 Å². The molecule has 10 heteroatoms. The molecular weight excluding hydrogens is 544 g/mol. The van der Waals surface area contributed by atoms with Crippen molar-refractivity contribution in [2.24, 2.45) is 0 Å². The SMILES string of the molecule is COc1cccc(/C=C(\NC(=O)c2ccccc2)C(=O)Nc2ccc(SC(C)C(=O)Nc3nc(C)cs3)cc2)c1. The third-order valence-electron chi connectivity index (χ3n) is 5.58. The summed E-state index contributed by atoms with van der Waals surface area (Å²) in [4.78, 5) is 43.8. The summed E-state index contributed by atoms with van der Waals surface area (Å²) < 4.78 is 5.28. The van der Waals surface area contributed by atoms with Crippen molar-refractivity contribution in [1.82, 2.24) is 10.3 Å². The average Bonchev–Trinajstić information content (AvgIpc) is 3.38. The minimum atomic E-state index is -0.487. The molecular formula is C30H28N4O4S2. The van der Waals surface area contributed by atoms with Gasteiger partial charge in [0.25, 0.3) is 11.8 Å². The molecule has 0 bridgehead atoms. The van der Waals surface area contributed by atoms with Crippen LogP contribution in [-0.2, 0) is 9.59 Å². The average molecular weight is 573 g/mol. The number of anilines is 2. The molecule has 0 radical (unpaired) electrons. The van der Waals surface area contributed by atoms with Crippen LogP contribution < -0.4 is 20.7 Å². The largest absolute Gasteiger partial charge is 0.497 e. The van der Waals surface area contributed by atoms with Gasteiger partial charge in [0.15, 0.2) is 5.13 Å². The Kier molecular flexibility index (Phi) is 9.71. The molecule has 4 aromatic rings. The third-order valence-corrected chi connectivity index (χ3v) is 7.56. The van der Waals surface area contributed by atoms with E-state index in [-0.39, 0.29) is 16.9 Å². The molecule has 3 aromatic carbocycles. The second kappa shape index (κ2) is 13.6. The fraction of sp³-hybridized carbons (Fsp3) is 0.133. The van der Waals surface area contributed by atoms with Gasteiger partial charge >= 0.3 is 0 Å². The summed E-state index contributed by atoms with van der Waals surface area (Å²) in [6.07, 6.45) is 1.59. The highest BCUT2D eigenvalue weighted by molar-refractivity contribution is 8.00. The summed E-state index contributed by atoms with van der Waals surface area (Å²) in [6.45, 7) is 3.70. The summed E-state index contributed by atoms with van der Waals surface area (Å²) >= 11 is 2.78. The first-order chi connectivity index (χ1) is 19.3. The van der Waals surface area contributed by atoms with E-state index in [1.807, 2.05) is 43.5 Å². The van der Waals surface area contributed by atoms with Crippen LogP contribution in [0.5, 0.6) is 5.75 Å². The number of amides is 3. The Hall–Kier alpha value is -4.41. The molecule has 40 heavy (non-hydrogen) atoms. The highest BCUT2D eigenvalue weighted by atomic mass is 32.2. The maximum absolute atomic E-state index is 13.3. The van der Waals surface area contributed by atoms with Crippen molar-refractivity contribution in [2.75, 3.05) is 17.7 Å². The van der Waals surface area contributed by atoms with Crippen LogP contribution >= 0.6 is 23.1 Å². The van der Waals surface area contributed by atoms with E-state index in [4.69, 9.17) is 4.74 Å². The van der Waals surface area contributed by atoms with Crippen LogP contribution in [0.4, 0.5) is 10.8 Å². The van der Waals surface area contributed by atoms with E-state index >= 15 is 0 Å². The maximum atomic E-state index is 13.3. The number of aryl methyl sites for hydroxylation is 1. The van der Waals surface area contributed by atoms with E-state index in [0.717, 1.165) is 10.6 Å². The van der Waals surface area contributed by atoms with Crippen molar-refractivity contribution >= 4 is 57.7 Å². The van der Waals surface area contributed by atoms with E-state index in [9.17, 15) is 14.4 Å². The smallest absolute Gasteiger partial charge is 0.272 e. The van der Waals surface area contributed by atoms with Gasteiger partial charge < -0.3 is 20.7 Å². The monoisotopic (exact) mass is 572 g/mol. The minimum Gasteiger partial charge on any atom is -0.497 e. The van der Waals surface area contributed by atoms with Gasteiger partial charge in [-0.05, 0) is 74.0 Å². The Labute approximate surface area is 240 Å². The molecule has 1 aromatic heterocycles. The molecule has 0 saturated heterocycles. The molecule has 0 fully saturated rings. The van der Waals surface area contributed by atoms with Gasteiger partial charge in [-0.15, -0.1) is 23.1 Å². The van der Waals surface area contributed by atoms with Crippen LogP contribution in [0, 0.1) is 6.92 Å². The predicted octanol–water partition coefficient (Wildman–Crippen LogP) is 5.99. The molecule has 204 valence electrons. The second-order valence-electron chi connectivity index (χ2n) is 8.68. The van der Waals surface area contributed by atoms with Gasteiger partial charge in [-0.2, -0.15) is 0 Å². The van der Waals surface area contributed by atoms with Crippen LogP contribution in [0.2, 0.25) is 0 Å². The first-order valence-electron chi connectivity index (χ1n) is 12.3. The normalized spacial score (nSPS) is 11.8. The van der Waals surface area contributed by atoms with Crippen molar-refractivity contribution in [1.29, 1.82) is 0 Å². The van der Waals surface area contributed by atoms with E-state index < -0.39 is 11.8 Å². The van der Waals surface area contributed by atoms with Crippen LogP contribution in [0.3, 0.4) is 0 Å². The number of methoxy groups -OCH3 is 1. The molecule has 4 rings (SSSR count). The minimum absolute atomic E-state index is 0.0725. The van der Waals surface area contributed by atoms with Crippen molar-refractivity contribution < 1.29 is 19.1 Å². The number of nitrogens with zero attached hydrogens (tertiary/aromatic N) is 1. The number of aromatic nitrogens is 1. The number of hydrogen-bond donors (Lipinski definition) is 3. The number of rotatable bonds is 10. The maximum Gasteiger partial charge on any atom is 0.272 e. The zero-order valence-electron chi connectivity index (χ0n) is 22.1. The number of thiazole rings is 1. The summed E-state index contributed by atoms with van der Waals surface area (Å²) in [6, 6.07) is 23.0. The Morgan fingerprint density at radius 2 is 1.73 bits per heavy atom. The first-order valence-corrected chi connectivity index (χ1v) is 14.1. The van der Waals surface area contributed by atoms with Gasteiger partial charge in [0, 0.05) is 21.5 Å². The summed E-state index contributed by atoms with van der Waals surface area (Å²) in [7, 11) is 1.56. The molecule has 3 amide bonds. The Morgan fingerprint density at radius 1 is 0.975 bits per heavy atom. The van der Waals surface area contributed by atoms with Crippen molar-refractivity contribution in [3.63, 3.8) is 0 Å². The number of carbonyl (C=O) groups excluding carboxylic acids is 3. The zero-order chi connectivity index (χ0) is 28.5. The molecule has 0 saturated carbocycles. The van der Waals surface area contributed by atoms with Gasteiger partial charge in [0.05, 0.1) is 18.1 Å². The second-order valence-corrected chi connectivity index (χ2v) is 10.9. The summed E-state index contributed by atoms with van der Waals surface area (Å²) in [5, 5.41) is 10.5. The Balaban J connectivity index is 1.45. The molecule has 3 N–H and O–H groups in total. The van der Waals surface area contributed by atoms with Crippen LogP contribution in [0.15, 0.2) is 94.8 Å². The lowest BCUT2D eigenvalue weighted by Crippen LogP contribution is -2.30. The topological polar surface area (TPSA) is 109 Å². The molecule has 8 nitrogen and oxygen atoms in total.